The van der Waals surface area contributed by atoms with Gasteiger partial charge in [-0.15, -0.1) is 0 Å². The zero-order valence-corrected chi connectivity index (χ0v) is 25.9. The molecule has 7 rings (SSSR count). The summed E-state index contributed by atoms with van der Waals surface area (Å²) in [4.78, 5) is 24.5. The third-order valence-electron chi connectivity index (χ3n) is 8.20. The standard InChI is InChI=1S/C38H27F3N4O4/c39-30-16-24(5-4-23-10-13-42-14-11-23)6-7-26(30)22-49-37-3-1-2-33(44-37)29-20-31(40)27(17-32(29)41)19-36-43-34-9-8-25(38(46)47)18-35(34)45(36)21-28-12-15-48-28/h1-3,6-11,13-14,16-18,20,28H,12,15,19,21-22H2,(H,46,47)/t28-/m0/s1. The van der Waals surface area contributed by atoms with Gasteiger partial charge in [0.1, 0.15) is 29.9 Å². The summed E-state index contributed by atoms with van der Waals surface area (Å²) in [5.41, 5.74) is 2.89. The number of carboxylic acids is 1. The summed E-state index contributed by atoms with van der Waals surface area (Å²) in [7, 11) is 0. The van der Waals surface area contributed by atoms with E-state index in [1.54, 1.807) is 54.9 Å². The number of nitrogens with zero attached hydrogens (tertiary/aromatic N) is 4. The van der Waals surface area contributed by atoms with E-state index in [1.807, 2.05) is 4.57 Å². The van der Waals surface area contributed by atoms with Gasteiger partial charge in [-0.05, 0) is 72.6 Å². The lowest BCUT2D eigenvalue weighted by molar-refractivity contribution is -0.0589. The van der Waals surface area contributed by atoms with Crippen molar-refractivity contribution in [2.45, 2.75) is 32.1 Å². The van der Waals surface area contributed by atoms with Gasteiger partial charge in [0.15, 0.2) is 0 Å². The first-order chi connectivity index (χ1) is 23.8. The molecule has 1 saturated heterocycles. The van der Waals surface area contributed by atoms with E-state index in [4.69, 9.17) is 9.47 Å². The summed E-state index contributed by atoms with van der Waals surface area (Å²) in [6.07, 6.45) is 3.96. The minimum atomic E-state index is -1.08. The number of fused-ring (bicyclic) bond motifs is 1. The molecule has 49 heavy (non-hydrogen) atoms. The van der Waals surface area contributed by atoms with Gasteiger partial charge < -0.3 is 19.1 Å². The molecule has 0 unspecified atom stereocenters. The minimum absolute atomic E-state index is 0.0386. The summed E-state index contributed by atoms with van der Waals surface area (Å²) in [6.45, 7) is 0.890. The number of ether oxygens (including phenoxy) is 2. The first kappa shape index (κ1) is 31.6. The van der Waals surface area contributed by atoms with Crippen molar-refractivity contribution >= 4 is 17.0 Å². The molecule has 11 heteroatoms. The Bertz CT molecular complexity index is 2260. The average Bonchev–Trinajstić information content (AvgIpc) is 3.42. The highest BCUT2D eigenvalue weighted by molar-refractivity contribution is 5.92. The van der Waals surface area contributed by atoms with Crippen LogP contribution in [0.5, 0.6) is 5.88 Å². The molecule has 0 radical (unpaired) electrons. The third kappa shape index (κ3) is 7.00. The van der Waals surface area contributed by atoms with E-state index in [-0.39, 0.29) is 53.0 Å². The number of pyridine rings is 2. The second kappa shape index (κ2) is 13.6. The molecule has 8 nitrogen and oxygen atoms in total. The van der Waals surface area contributed by atoms with Crippen LogP contribution in [0.25, 0.3) is 22.3 Å². The molecule has 244 valence electrons. The van der Waals surface area contributed by atoms with Gasteiger partial charge in [-0.2, -0.15) is 0 Å². The van der Waals surface area contributed by atoms with Gasteiger partial charge in [-0.3, -0.25) is 4.98 Å². The Morgan fingerprint density at radius 3 is 2.45 bits per heavy atom. The van der Waals surface area contributed by atoms with Crippen LogP contribution in [0, 0.1) is 29.3 Å². The quantitative estimate of drug-likeness (QED) is 0.167. The highest BCUT2D eigenvalue weighted by Gasteiger charge is 2.24. The molecular formula is C38H27F3N4O4. The van der Waals surface area contributed by atoms with Crippen LogP contribution in [-0.2, 0) is 24.3 Å². The molecular weight excluding hydrogens is 633 g/mol. The number of hydrogen-bond donors (Lipinski definition) is 1. The topological polar surface area (TPSA) is 99.4 Å². The zero-order chi connectivity index (χ0) is 33.9. The first-order valence-corrected chi connectivity index (χ1v) is 15.4. The number of aromatic carboxylic acids is 1. The Morgan fingerprint density at radius 2 is 1.69 bits per heavy atom. The van der Waals surface area contributed by atoms with E-state index in [0.717, 1.165) is 24.1 Å². The van der Waals surface area contributed by atoms with Crippen LogP contribution < -0.4 is 4.74 Å². The van der Waals surface area contributed by atoms with Crippen molar-refractivity contribution in [3.63, 3.8) is 0 Å². The number of rotatable bonds is 9. The Hall–Kier alpha value is -5.99. The van der Waals surface area contributed by atoms with Crippen molar-refractivity contribution in [2.75, 3.05) is 6.61 Å². The summed E-state index contributed by atoms with van der Waals surface area (Å²) in [5, 5.41) is 9.49. The van der Waals surface area contributed by atoms with Crippen LogP contribution in [0.2, 0.25) is 0 Å². The van der Waals surface area contributed by atoms with Crippen molar-refractivity contribution in [3.05, 3.63) is 142 Å². The summed E-state index contributed by atoms with van der Waals surface area (Å²) in [6, 6.07) is 19.5. The van der Waals surface area contributed by atoms with Crippen LogP contribution in [0.15, 0.2) is 91.3 Å². The van der Waals surface area contributed by atoms with Gasteiger partial charge >= 0.3 is 5.97 Å². The number of carboxylic acid groups (broad SMARTS) is 1. The summed E-state index contributed by atoms with van der Waals surface area (Å²) in [5.74, 6) is 3.49. The van der Waals surface area contributed by atoms with E-state index >= 15 is 8.78 Å². The minimum Gasteiger partial charge on any atom is -0.478 e. The van der Waals surface area contributed by atoms with Crippen molar-refractivity contribution in [2.24, 2.45) is 0 Å². The fourth-order valence-electron chi connectivity index (χ4n) is 5.49. The fourth-order valence-corrected chi connectivity index (χ4v) is 5.49. The molecule has 3 aromatic carbocycles. The maximum Gasteiger partial charge on any atom is 0.335 e. The molecule has 0 amide bonds. The molecule has 6 aromatic rings. The number of carbonyl (C=O) groups is 1. The van der Waals surface area contributed by atoms with Crippen molar-refractivity contribution in [1.82, 2.24) is 19.5 Å². The summed E-state index contributed by atoms with van der Waals surface area (Å²) < 4.78 is 59.1. The smallest absolute Gasteiger partial charge is 0.335 e. The molecule has 1 atom stereocenters. The molecule has 1 aliphatic rings. The normalized spacial score (nSPS) is 13.8. The number of benzene rings is 3. The van der Waals surface area contributed by atoms with E-state index in [9.17, 15) is 14.3 Å². The number of halogens is 3. The van der Waals surface area contributed by atoms with Crippen LogP contribution >= 0.6 is 0 Å². The van der Waals surface area contributed by atoms with Crippen molar-refractivity contribution < 1.29 is 32.5 Å². The maximum atomic E-state index is 15.6. The van der Waals surface area contributed by atoms with Crippen LogP contribution in [0.1, 0.15) is 44.9 Å². The van der Waals surface area contributed by atoms with E-state index in [2.05, 4.69) is 26.8 Å². The molecule has 0 aliphatic carbocycles. The predicted octanol–water partition coefficient (Wildman–Crippen LogP) is 6.97. The molecule has 3 aromatic heterocycles. The highest BCUT2D eigenvalue weighted by atomic mass is 19.1. The van der Waals surface area contributed by atoms with Gasteiger partial charge in [0.2, 0.25) is 5.88 Å². The van der Waals surface area contributed by atoms with E-state index < -0.39 is 23.4 Å². The lowest BCUT2D eigenvalue weighted by Crippen LogP contribution is -2.31. The van der Waals surface area contributed by atoms with Crippen LogP contribution in [0.4, 0.5) is 13.2 Å². The highest BCUT2D eigenvalue weighted by Crippen LogP contribution is 2.29. The molecule has 1 N–H and O–H groups in total. The van der Waals surface area contributed by atoms with Gasteiger partial charge in [-0.1, -0.05) is 24.0 Å². The third-order valence-corrected chi connectivity index (χ3v) is 8.20. The summed E-state index contributed by atoms with van der Waals surface area (Å²) >= 11 is 0. The van der Waals surface area contributed by atoms with Gasteiger partial charge in [-0.25, -0.2) is 27.9 Å². The second-order valence-electron chi connectivity index (χ2n) is 11.5. The first-order valence-electron chi connectivity index (χ1n) is 15.4. The zero-order valence-electron chi connectivity index (χ0n) is 25.9. The molecule has 1 aliphatic heterocycles. The molecule has 4 heterocycles. The van der Waals surface area contributed by atoms with Crippen LogP contribution in [0.3, 0.4) is 0 Å². The molecule has 0 spiro atoms. The number of hydrogen-bond acceptors (Lipinski definition) is 6. The van der Waals surface area contributed by atoms with Gasteiger partial charge in [0.05, 0.1) is 34.9 Å². The monoisotopic (exact) mass is 660 g/mol. The Morgan fingerprint density at radius 1 is 0.898 bits per heavy atom. The second-order valence-corrected chi connectivity index (χ2v) is 11.5. The predicted molar refractivity (Wildman–Crippen MR) is 174 cm³/mol. The number of aromatic nitrogens is 4. The SMILES string of the molecule is O=C(O)c1ccc2nc(Cc3cc(F)c(-c4cccc(OCc5ccc(C#Cc6ccncc6)cc5F)n4)cc3F)n(C[C@@H]3CCO3)c2c1. The lowest BCUT2D eigenvalue weighted by atomic mass is 10.0. The number of imidazole rings is 1. The molecule has 0 bridgehead atoms. The Balaban J connectivity index is 1.08. The van der Waals surface area contributed by atoms with Gasteiger partial charge in [0, 0.05) is 53.7 Å². The molecule has 0 saturated carbocycles. The maximum absolute atomic E-state index is 15.6. The van der Waals surface area contributed by atoms with Crippen LogP contribution in [-0.4, -0.2) is 43.3 Å². The Kier molecular flexibility index (Phi) is 8.79. The Labute approximate surface area is 278 Å². The van der Waals surface area contributed by atoms with Crippen molar-refractivity contribution in [1.29, 1.82) is 0 Å². The lowest BCUT2D eigenvalue weighted by Gasteiger charge is -2.27. The van der Waals surface area contributed by atoms with Crippen molar-refractivity contribution in [3.8, 4) is 29.0 Å². The average molecular weight is 661 g/mol. The van der Waals surface area contributed by atoms with Gasteiger partial charge in [0.25, 0.3) is 0 Å². The molecule has 1 fully saturated rings. The van der Waals surface area contributed by atoms with E-state index in [0.29, 0.717) is 35.6 Å². The largest absolute Gasteiger partial charge is 0.478 e. The fraction of sp³-hybridized carbons (Fsp3) is 0.158. The van der Waals surface area contributed by atoms with E-state index in [1.165, 1.54) is 24.3 Å².